The molecule has 0 radical (unpaired) electrons. The molecule has 0 saturated heterocycles. The first-order valence-electron chi connectivity index (χ1n) is 5.09. The van der Waals surface area contributed by atoms with E-state index in [4.69, 9.17) is 0 Å². The summed E-state index contributed by atoms with van der Waals surface area (Å²) in [6.45, 7) is 5.68. The molecular weight excluding hydrogens is 198 g/mol. The van der Waals surface area contributed by atoms with E-state index in [1.807, 2.05) is 31.2 Å². The highest BCUT2D eigenvalue weighted by atomic mass is 14.8. The molecule has 1 aromatic heterocycles. The number of aliphatic imine (C=N–C) groups is 1. The van der Waals surface area contributed by atoms with Gasteiger partial charge in [0, 0.05) is 7.05 Å². The fraction of sp³-hybridized carbons (Fsp3) is 0.154. The first-order chi connectivity index (χ1) is 7.76. The van der Waals surface area contributed by atoms with Crippen LogP contribution in [-0.2, 0) is 0 Å². The summed E-state index contributed by atoms with van der Waals surface area (Å²) >= 11 is 0. The SMILES string of the molecule is C=Cc1nc2ccccc2nc1C(C)=NC. The van der Waals surface area contributed by atoms with Gasteiger partial charge in [-0.25, -0.2) is 9.97 Å². The summed E-state index contributed by atoms with van der Waals surface area (Å²) in [6.07, 6.45) is 1.71. The number of hydrogen-bond donors (Lipinski definition) is 0. The molecule has 0 aliphatic rings. The van der Waals surface area contributed by atoms with Crippen LogP contribution in [0.15, 0.2) is 35.8 Å². The molecule has 1 heterocycles. The molecule has 16 heavy (non-hydrogen) atoms. The van der Waals surface area contributed by atoms with Crippen LogP contribution in [0.1, 0.15) is 18.3 Å². The minimum atomic E-state index is 0.779. The van der Waals surface area contributed by atoms with Gasteiger partial charge in [-0.2, -0.15) is 0 Å². The average Bonchev–Trinajstić information content (AvgIpc) is 2.36. The predicted octanol–water partition coefficient (Wildman–Crippen LogP) is 2.71. The van der Waals surface area contributed by atoms with Gasteiger partial charge in [0.15, 0.2) is 0 Å². The molecule has 0 aliphatic carbocycles. The molecule has 2 aromatic rings. The van der Waals surface area contributed by atoms with E-state index in [-0.39, 0.29) is 0 Å². The summed E-state index contributed by atoms with van der Waals surface area (Å²) in [5, 5.41) is 0. The molecule has 1 aromatic carbocycles. The first-order valence-corrected chi connectivity index (χ1v) is 5.09. The molecule has 0 unspecified atom stereocenters. The molecule has 80 valence electrons. The Morgan fingerprint density at radius 2 is 1.88 bits per heavy atom. The zero-order chi connectivity index (χ0) is 11.5. The normalized spacial score (nSPS) is 11.8. The zero-order valence-corrected chi connectivity index (χ0v) is 9.44. The minimum Gasteiger partial charge on any atom is -0.291 e. The van der Waals surface area contributed by atoms with Gasteiger partial charge in [-0.3, -0.25) is 4.99 Å². The second-order valence-corrected chi connectivity index (χ2v) is 3.46. The van der Waals surface area contributed by atoms with Crippen LogP contribution in [0.3, 0.4) is 0 Å². The highest BCUT2D eigenvalue weighted by Crippen LogP contribution is 2.14. The maximum atomic E-state index is 4.55. The molecule has 0 atom stereocenters. The molecule has 0 amide bonds. The first kappa shape index (κ1) is 10.5. The van der Waals surface area contributed by atoms with E-state index in [9.17, 15) is 0 Å². The van der Waals surface area contributed by atoms with Crippen molar-refractivity contribution < 1.29 is 0 Å². The molecule has 3 heteroatoms. The van der Waals surface area contributed by atoms with Crippen molar-refractivity contribution in [3.05, 3.63) is 42.2 Å². The van der Waals surface area contributed by atoms with Crippen LogP contribution < -0.4 is 0 Å². The highest BCUT2D eigenvalue weighted by molar-refractivity contribution is 6.00. The topological polar surface area (TPSA) is 38.1 Å². The number of para-hydroxylation sites is 2. The molecule has 0 N–H and O–H groups in total. The van der Waals surface area contributed by atoms with E-state index in [1.54, 1.807) is 13.1 Å². The fourth-order valence-electron chi connectivity index (χ4n) is 1.53. The van der Waals surface area contributed by atoms with Crippen LogP contribution in [-0.4, -0.2) is 22.7 Å². The molecule has 0 saturated carbocycles. The van der Waals surface area contributed by atoms with Gasteiger partial charge in [-0.05, 0) is 25.1 Å². The molecule has 0 spiro atoms. The summed E-state index contributed by atoms with van der Waals surface area (Å²) in [4.78, 5) is 13.2. The Hall–Kier alpha value is -2.03. The Morgan fingerprint density at radius 1 is 1.25 bits per heavy atom. The van der Waals surface area contributed by atoms with E-state index in [0.717, 1.165) is 28.1 Å². The van der Waals surface area contributed by atoms with Crippen molar-refractivity contribution in [2.45, 2.75) is 6.92 Å². The molecule has 0 bridgehead atoms. The molecular formula is C13H13N3. The third-order valence-electron chi connectivity index (χ3n) is 2.47. The number of fused-ring (bicyclic) bond motifs is 1. The lowest BCUT2D eigenvalue weighted by molar-refractivity contribution is 1.22. The van der Waals surface area contributed by atoms with Crippen molar-refractivity contribution in [1.29, 1.82) is 0 Å². The lowest BCUT2D eigenvalue weighted by Gasteiger charge is -2.05. The maximum Gasteiger partial charge on any atom is 0.110 e. The van der Waals surface area contributed by atoms with Gasteiger partial charge in [-0.15, -0.1) is 0 Å². The van der Waals surface area contributed by atoms with Crippen molar-refractivity contribution in [2.24, 2.45) is 4.99 Å². The van der Waals surface area contributed by atoms with Crippen LogP contribution >= 0.6 is 0 Å². The monoisotopic (exact) mass is 211 g/mol. The standard InChI is InChI=1S/C13H13N3/c1-4-10-13(9(2)14-3)16-12-8-6-5-7-11(12)15-10/h4-8H,1H2,2-3H3. The molecule has 2 rings (SSSR count). The molecule has 0 fully saturated rings. The molecule has 0 aliphatic heterocycles. The Bertz CT molecular complexity index is 570. The lowest BCUT2D eigenvalue weighted by atomic mass is 10.2. The summed E-state index contributed by atoms with van der Waals surface area (Å²) < 4.78 is 0. The average molecular weight is 211 g/mol. The Kier molecular flexibility index (Phi) is 2.77. The smallest absolute Gasteiger partial charge is 0.110 e. The zero-order valence-electron chi connectivity index (χ0n) is 9.44. The van der Waals surface area contributed by atoms with Crippen molar-refractivity contribution in [3.63, 3.8) is 0 Å². The third-order valence-corrected chi connectivity index (χ3v) is 2.47. The Balaban J connectivity index is 2.77. The van der Waals surface area contributed by atoms with Gasteiger partial charge in [0.25, 0.3) is 0 Å². The summed E-state index contributed by atoms with van der Waals surface area (Å²) in [5.41, 5.74) is 4.21. The number of rotatable bonds is 2. The van der Waals surface area contributed by atoms with Gasteiger partial charge in [0.2, 0.25) is 0 Å². The van der Waals surface area contributed by atoms with Crippen molar-refractivity contribution >= 4 is 22.8 Å². The van der Waals surface area contributed by atoms with Crippen molar-refractivity contribution in [1.82, 2.24) is 9.97 Å². The predicted molar refractivity (Wildman–Crippen MR) is 67.8 cm³/mol. The molecule has 3 nitrogen and oxygen atoms in total. The van der Waals surface area contributed by atoms with Crippen LogP contribution in [0.5, 0.6) is 0 Å². The van der Waals surface area contributed by atoms with Gasteiger partial charge < -0.3 is 0 Å². The fourth-order valence-corrected chi connectivity index (χ4v) is 1.53. The second-order valence-electron chi connectivity index (χ2n) is 3.46. The second kappa shape index (κ2) is 4.23. The van der Waals surface area contributed by atoms with Crippen LogP contribution in [0.4, 0.5) is 0 Å². The van der Waals surface area contributed by atoms with E-state index in [2.05, 4.69) is 21.5 Å². The third kappa shape index (κ3) is 1.72. The maximum absolute atomic E-state index is 4.55. The lowest BCUT2D eigenvalue weighted by Crippen LogP contribution is -2.04. The van der Waals surface area contributed by atoms with Gasteiger partial charge in [0.05, 0.1) is 22.4 Å². The number of benzene rings is 1. The summed E-state index contributed by atoms with van der Waals surface area (Å²) in [7, 11) is 1.75. The van der Waals surface area contributed by atoms with E-state index >= 15 is 0 Å². The number of aromatic nitrogens is 2. The Morgan fingerprint density at radius 3 is 2.44 bits per heavy atom. The largest absolute Gasteiger partial charge is 0.291 e. The van der Waals surface area contributed by atoms with Gasteiger partial charge in [-0.1, -0.05) is 18.7 Å². The van der Waals surface area contributed by atoms with Crippen LogP contribution in [0.25, 0.3) is 17.1 Å². The minimum absolute atomic E-state index is 0.779. The van der Waals surface area contributed by atoms with E-state index in [1.165, 1.54) is 0 Å². The van der Waals surface area contributed by atoms with Crippen LogP contribution in [0.2, 0.25) is 0 Å². The van der Waals surface area contributed by atoms with E-state index < -0.39 is 0 Å². The Labute approximate surface area is 94.6 Å². The van der Waals surface area contributed by atoms with E-state index in [0.29, 0.717) is 0 Å². The van der Waals surface area contributed by atoms with Gasteiger partial charge in [0.1, 0.15) is 5.69 Å². The van der Waals surface area contributed by atoms with Crippen molar-refractivity contribution in [3.8, 4) is 0 Å². The highest BCUT2D eigenvalue weighted by Gasteiger charge is 2.07. The summed E-state index contributed by atoms with van der Waals surface area (Å²) in [5.74, 6) is 0. The van der Waals surface area contributed by atoms with Crippen molar-refractivity contribution in [2.75, 3.05) is 7.05 Å². The quantitative estimate of drug-likeness (QED) is 0.716. The summed E-state index contributed by atoms with van der Waals surface area (Å²) in [6, 6.07) is 7.79. The van der Waals surface area contributed by atoms with Crippen LogP contribution in [0, 0.1) is 0 Å². The number of nitrogens with zero attached hydrogens (tertiary/aromatic N) is 3. The van der Waals surface area contributed by atoms with Gasteiger partial charge >= 0.3 is 0 Å². The number of hydrogen-bond acceptors (Lipinski definition) is 3.